The SMILES string of the molecule is CC(C)C[C@@H](NC(=O)c1csc([N+](=O)[O-])c1)C(=O)O. The number of nitrogens with zero attached hydrogens (tertiary/aromatic N) is 1. The van der Waals surface area contributed by atoms with Crippen LogP contribution in [0, 0.1) is 16.0 Å². The van der Waals surface area contributed by atoms with Crippen LogP contribution < -0.4 is 5.32 Å². The van der Waals surface area contributed by atoms with E-state index in [1.54, 1.807) is 0 Å². The molecule has 7 nitrogen and oxygen atoms in total. The lowest BCUT2D eigenvalue weighted by Crippen LogP contribution is -2.41. The van der Waals surface area contributed by atoms with Crippen LogP contribution in [-0.2, 0) is 4.79 Å². The molecule has 0 aromatic carbocycles. The topological polar surface area (TPSA) is 110 Å². The number of hydrogen-bond donors (Lipinski definition) is 2. The van der Waals surface area contributed by atoms with Crippen molar-refractivity contribution >= 4 is 28.2 Å². The number of amides is 1. The molecule has 19 heavy (non-hydrogen) atoms. The van der Waals surface area contributed by atoms with Crippen LogP contribution in [-0.4, -0.2) is 27.9 Å². The van der Waals surface area contributed by atoms with E-state index in [-0.39, 0.29) is 16.5 Å². The predicted molar refractivity (Wildman–Crippen MR) is 69.3 cm³/mol. The molecule has 1 amide bonds. The Labute approximate surface area is 113 Å². The molecule has 1 rings (SSSR count). The van der Waals surface area contributed by atoms with Gasteiger partial charge in [0.2, 0.25) is 0 Å². The number of carbonyl (C=O) groups excluding carboxylic acids is 1. The van der Waals surface area contributed by atoms with Gasteiger partial charge >= 0.3 is 11.0 Å². The maximum Gasteiger partial charge on any atom is 0.326 e. The van der Waals surface area contributed by atoms with Gasteiger partial charge in [-0.1, -0.05) is 25.2 Å². The fraction of sp³-hybridized carbons (Fsp3) is 0.455. The lowest BCUT2D eigenvalue weighted by molar-refractivity contribution is -0.380. The molecule has 0 aliphatic rings. The number of aliphatic carboxylic acids is 1. The Bertz CT molecular complexity index is 497. The van der Waals surface area contributed by atoms with Crippen LogP contribution in [0.15, 0.2) is 11.4 Å². The van der Waals surface area contributed by atoms with E-state index in [1.807, 2.05) is 13.8 Å². The molecule has 1 aromatic rings. The standard InChI is InChI=1S/C11H14N2O5S/c1-6(2)3-8(11(15)16)12-10(14)7-4-9(13(17)18)19-5-7/h4-6,8H,3H2,1-2H3,(H,12,14)(H,15,16)/t8-/m1/s1. The second kappa shape index (κ2) is 6.28. The van der Waals surface area contributed by atoms with E-state index in [9.17, 15) is 19.7 Å². The Morgan fingerprint density at radius 1 is 1.53 bits per heavy atom. The fourth-order valence-electron chi connectivity index (χ4n) is 1.47. The third-order valence-corrected chi connectivity index (χ3v) is 3.22. The van der Waals surface area contributed by atoms with E-state index >= 15 is 0 Å². The van der Waals surface area contributed by atoms with Gasteiger partial charge in [0.25, 0.3) is 5.91 Å². The molecule has 0 aliphatic carbocycles. The molecule has 0 aliphatic heterocycles. The first-order chi connectivity index (χ1) is 8.81. The third-order valence-electron chi connectivity index (χ3n) is 2.34. The highest BCUT2D eigenvalue weighted by atomic mass is 32.1. The molecular weight excluding hydrogens is 272 g/mol. The highest BCUT2D eigenvalue weighted by molar-refractivity contribution is 7.13. The van der Waals surface area contributed by atoms with E-state index in [2.05, 4.69) is 5.32 Å². The van der Waals surface area contributed by atoms with Crippen LogP contribution in [0.2, 0.25) is 0 Å². The van der Waals surface area contributed by atoms with Crippen molar-refractivity contribution in [3.63, 3.8) is 0 Å². The van der Waals surface area contributed by atoms with Crippen LogP contribution in [0.25, 0.3) is 0 Å². The first-order valence-corrected chi connectivity index (χ1v) is 6.45. The van der Waals surface area contributed by atoms with Gasteiger partial charge in [-0.05, 0) is 12.3 Å². The summed E-state index contributed by atoms with van der Waals surface area (Å²) >= 11 is 0.828. The summed E-state index contributed by atoms with van der Waals surface area (Å²) in [5, 5.41) is 23.0. The molecule has 0 unspecified atom stereocenters. The monoisotopic (exact) mass is 286 g/mol. The quantitative estimate of drug-likeness (QED) is 0.613. The summed E-state index contributed by atoms with van der Waals surface area (Å²) in [4.78, 5) is 32.7. The molecule has 1 heterocycles. The molecule has 0 saturated heterocycles. The summed E-state index contributed by atoms with van der Waals surface area (Å²) in [7, 11) is 0. The Morgan fingerprint density at radius 2 is 2.16 bits per heavy atom. The van der Waals surface area contributed by atoms with Gasteiger partial charge < -0.3 is 10.4 Å². The molecule has 0 saturated carbocycles. The van der Waals surface area contributed by atoms with Crippen molar-refractivity contribution in [2.75, 3.05) is 0 Å². The second-order valence-electron chi connectivity index (χ2n) is 4.42. The number of carbonyl (C=O) groups is 2. The van der Waals surface area contributed by atoms with E-state index in [0.29, 0.717) is 6.42 Å². The van der Waals surface area contributed by atoms with Crippen molar-refractivity contribution in [2.45, 2.75) is 26.3 Å². The zero-order valence-electron chi connectivity index (χ0n) is 10.5. The van der Waals surface area contributed by atoms with Crippen molar-refractivity contribution in [2.24, 2.45) is 5.92 Å². The lowest BCUT2D eigenvalue weighted by atomic mass is 10.0. The number of nitrogens with one attached hydrogen (secondary N) is 1. The van der Waals surface area contributed by atoms with Gasteiger partial charge in [0.15, 0.2) is 0 Å². The number of thiophene rings is 1. The third kappa shape index (κ3) is 4.32. The van der Waals surface area contributed by atoms with Gasteiger partial charge in [-0.3, -0.25) is 14.9 Å². The van der Waals surface area contributed by atoms with E-state index in [0.717, 1.165) is 17.4 Å². The minimum atomic E-state index is -1.12. The van der Waals surface area contributed by atoms with Gasteiger partial charge in [-0.2, -0.15) is 0 Å². The number of carboxylic acids is 1. The average Bonchev–Trinajstić information content (AvgIpc) is 2.76. The molecule has 1 aromatic heterocycles. The zero-order chi connectivity index (χ0) is 14.6. The maximum atomic E-state index is 11.8. The summed E-state index contributed by atoms with van der Waals surface area (Å²) in [6.07, 6.45) is 0.299. The van der Waals surface area contributed by atoms with Crippen molar-refractivity contribution in [1.29, 1.82) is 0 Å². The van der Waals surface area contributed by atoms with Crippen LogP contribution in [0.3, 0.4) is 0 Å². The molecule has 2 N–H and O–H groups in total. The molecule has 0 radical (unpaired) electrons. The van der Waals surface area contributed by atoms with Gasteiger partial charge in [-0.15, -0.1) is 0 Å². The van der Waals surface area contributed by atoms with Crippen LogP contribution in [0.4, 0.5) is 5.00 Å². The molecule has 8 heteroatoms. The minimum Gasteiger partial charge on any atom is -0.480 e. The number of hydrogen-bond acceptors (Lipinski definition) is 5. The number of carboxylic acid groups (broad SMARTS) is 1. The molecule has 1 atom stereocenters. The lowest BCUT2D eigenvalue weighted by Gasteiger charge is -2.15. The highest BCUT2D eigenvalue weighted by Crippen LogP contribution is 2.22. The number of nitro groups is 1. The van der Waals surface area contributed by atoms with Gasteiger partial charge in [0, 0.05) is 11.4 Å². The Kier molecular flexibility index (Phi) is 4.99. The summed E-state index contributed by atoms with van der Waals surface area (Å²) in [5.41, 5.74) is 0.103. The molecule has 0 spiro atoms. The predicted octanol–water partition coefficient (Wildman–Crippen LogP) is 1.89. The smallest absolute Gasteiger partial charge is 0.326 e. The first-order valence-electron chi connectivity index (χ1n) is 5.58. The molecule has 0 fully saturated rings. The second-order valence-corrected chi connectivity index (χ2v) is 5.31. The number of rotatable bonds is 6. The highest BCUT2D eigenvalue weighted by Gasteiger charge is 2.23. The van der Waals surface area contributed by atoms with Crippen LogP contribution >= 0.6 is 11.3 Å². The van der Waals surface area contributed by atoms with Crippen LogP contribution in [0.5, 0.6) is 0 Å². The zero-order valence-corrected chi connectivity index (χ0v) is 11.3. The summed E-state index contributed by atoms with van der Waals surface area (Å²) in [6, 6.07) is 0.139. The van der Waals surface area contributed by atoms with Gasteiger partial charge in [0.1, 0.15) is 6.04 Å². The Morgan fingerprint density at radius 3 is 2.58 bits per heavy atom. The normalized spacial score (nSPS) is 12.2. The van der Waals surface area contributed by atoms with E-state index in [4.69, 9.17) is 5.11 Å². The van der Waals surface area contributed by atoms with Crippen molar-refractivity contribution < 1.29 is 19.6 Å². The Balaban J connectivity index is 2.75. The summed E-state index contributed by atoms with van der Waals surface area (Å²) in [6.45, 7) is 3.69. The van der Waals surface area contributed by atoms with Crippen molar-refractivity contribution in [3.8, 4) is 0 Å². The maximum absolute atomic E-state index is 11.8. The first kappa shape index (κ1) is 15.1. The van der Waals surface area contributed by atoms with Crippen molar-refractivity contribution in [3.05, 3.63) is 27.1 Å². The van der Waals surface area contributed by atoms with Crippen LogP contribution in [0.1, 0.15) is 30.6 Å². The summed E-state index contributed by atoms with van der Waals surface area (Å²) < 4.78 is 0. The van der Waals surface area contributed by atoms with Crippen molar-refractivity contribution in [1.82, 2.24) is 5.32 Å². The fourth-order valence-corrected chi connectivity index (χ4v) is 2.18. The minimum absolute atomic E-state index is 0.103. The Hall–Kier alpha value is -1.96. The van der Waals surface area contributed by atoms with Gasteiger partial charge in [-0.25, -0.2) is 4.79 Å². The summed E-state index contributed by atoms with van der Waals surface area (Å²) in [5.74, 6) is -1.62. The molecular formula is C11H14N2O5S. The molecule has 0 bridgehead atoms. The van der Waals surface area contributed by atoms with E-state index in [1.165, 1.54) is 5.38 Å². The molecule has 104 valence electrons. The average molecular weight is 286 g/mol. The largest absolute Gasteiger partial charge is 0.480 e. The van der Waals surface area contributed by atoms with E-state index < -0.39 is 22.8 Å². The van der Waals surface area contributed by atoms with Gasteiger partial charge in [0.05, 0.1) is 10.5 Å².